The van der Waals surface area contributed by atoms with Crippen molar-refractivity contribution in [1.29, 1.82) is 0 Å². The molecule has 0 atom stereocenters. The first-order valence-electron chi connectivity index (χ1n) is 3.59. The van der Waals surface area contributed by atoms with Gasteiger partial charge in [0.1, 0.15) is 0 Å². The van der Waals surface area contributed by atoms with Crippen molar-refractivity contribution >= 4 is 50.5 Å². The van der Waals surface area contributed by atoms with E-state index in [1.165, 1.54) is 22.9 Å². The molecule has 2 aromatic rings. The Morgan fingerprint density at radius 2 is 2.43 bits per heavy atom. The first-order valence-corrected chi connectivity index (χ1v) is 6.09. The summed E-state index contributed by atoms with van der Waals surface area (Å²) in [6.45, 7) is 0. The van der Waals surface area contributed by atoms with Crippen molar-refractivity contribution in [2.24, 2.45) is 0 Å². The molecule has 4 nitrogen and oxygen atoms in total. The summed E-state index contributed by atoms with van der Waals surface area (Å²) < 4.78 is 4.46. The molecule has 0 aromatic carbocycles. The molecule has 7 heteroatoms. The Labute approximate surface area is 96.3 Å². The van der Waals surface area contributed by atoms with Gasteiger partial charge in [-0.1, -0.05) is 4.49 Å². The minimum atomic E-state index is -0.175. The van der Waals surface area contributed by atoms with Crippen molar-refractivity contribution < 1.29 is 4.79 Å². The van der Waals surface area contributed by atoms with Gasteiger partial charge in [0.25, 0.3) is 5.91 Å². The number of aromatic nitrogens is 2. The monoisotopic (exact) mass is 289 g/mol. The Hall–Kier alpha value is -0.790. The maximum Gasteiger partial charge on any atom is 0.258 e. The molecule has 0 aliphatic heterocycles. The summed E-state index contributed by atoms with van der Waals surface area (Å²) in [5.41, 5.74) is 0.614. The van der Waals surface area contributed by atoms with Crippen LogP contribution in [0.3, 0.4) is 0 Å². The molecule has 0 aliphatic carbocycles. The van der Waals surface area contributed by atoms with Gasteiger partial charge in [-0.25, -0.2) is 0 Å². The number of hydrogen-bond acceptors (Lipinski definition) is 5. The van der Waals surface area contributed by atoms with Crippen LogP contribution in [0.25, 0.3) is 0 Å². The van der Waals surface area contributed by atoms with Gasteiger partial charge < -0.3 is 5.32 Å². The van der Waals surface area contributed by atoms with Crippen molar-refractivity contribution in [3.8, 4) is 0 Å². The van der Waals surface area contributed by atoms with Crippen molar-refractivity contribution in [2.45, 2.75) is 0 Å². The second-order valence-corrected chi connectivity index (χ2v) is 5.20. The highest BCUT2D eigenvalue weighted by Gasteiger charge is 2.11. The molecular weight excluding hydrogens is 286 g/mol. The molecule has 72 valence electrons. The number of amides is 1. The lowest BCUT2D eigenvalue weighted by atomic mass is 10.3. The highest BCUT2D eigenvalue weighted by molar-refractivity contribution is 9.11. The zero-order valence-electron chi connectivity index (χ0n) is 6.73. The molecule has 2 rings (SSSR count). The summed E-state index contributed by atoms with van der Waals surface area (Å²) >= 11 is 5.96. The highest BCUT2D eigenvalue weighted by atomic mass is 79.9. The van der Waals surface area contributed by atoms with Crippen LogP contribution in [0.4, 0.5) is 5.82 Å². The van der Waals surface area contributed by atoms with E-state index in [1.54, 1.807) is 11.4 Å². The molecule has 0 aliphatic rings. The third-order valence-corrected chi connectivity index (χ3v) is 3.66. The van der Waals surface area contributed by atoms with Gasteiger partial charge in [0.05, 0.1) is 14.7 Å². The molecule has 0 spiro atoms. The molecule has 14 heavy (non-hydrogen) atoms. The van der Waals surface area contributed by atoms with E-state index in [9.17, 15) is 4.79 Å². The number of nitrogens with zero attached hydrogens (tertiary/aromatic N) is 2. The van der Waals surface area contributed by atoms with Gasteiger partial charge in [0, 0.05) is 0 Å². The topological polar surface area (TPSA) is 54.9 Å². The quantitative estimate of drug-likeness (QED) is 0.925. The molecule has 1 amide bonds. The molecule has 0 saturated heterocycles. The fourth-order valence-corrected chi connectivity index (χ4v) is 2.49. The second-order valence-electron chi connectivity index (χ2n) is 2.35. The predicted octanol–water partition coefficient (Wildman–Crippen LogP) is 2.61. The van der Waals surface area contributed by atoms with E-state index < -0.39 is 0 Å². The first-order chi connectivity index (χ1) is 6.77. The van der Waals surface area contributed by atoms with Gasteiger partial charge in [-0.05, 0) is 38.9 Å². The fourth-order valence-electron chi connectivity index (χ4n) is 0.858. The molecule has 0 radical (unpaired) electrons. The average Bonchev–Trinajstić information content (AvgIpc) is 2.75. The minimum absolute atomic E-state index is 0.175. The number of rotatable bonds is 2. The lowest BCUT2D eigenvalue weighted by Gasteiger charge is -1.98. The summed E-state index contributed by atoms with van der Waals surface area (Å²) in [5, 5.41) is 9.88. The maximum atomic E-state index is 11.6. The lowest BCUT2D eigenvalue weighted by Crippen LogP contribution is -2.11. The van der Waals surface area contributed by atoms with Gasteiger partial charge in [-0.3, -0.25) is 4.79 Å². The Morgan fingerprint density at radius 1 is 1.57 bits per heavy atom. The zero-order valence-corrected chi connectivity index (χ0v) is 9.95. The number of carbonyl (C=O) groups excluding carboxylic acids is 1. The van der Waals surface area contributed by atoms with Crippen LogP contribution in [0.2, 0.25) is 0 Å². The Kier molecular flexibility index (Phi) is 2.90. The van der Waals surface area contributed by atoms with Crippen LogP contribution >= 0.6 is 38.8 Å². The van der Waals surface area contributed by atoms with Gasteiger partial charge in [-0.15, -0.1) is 16.4 Å². The third-order valence-electron chi connectivity index (χ3n) is 1.46. The Morgan fingerprint density at radius 3 is 3.00 bits per heavy atom. The van der Waals surface area contributed by atoms with Gasteiger partial charge in [-0.2, -0.15) is 0 Å². The van der Waals surface area contributed by atoms with Crippen LogP contribution in [0.5, 0.6) is 0 Å². The largest absolute Gasteiger partial charge is 0.304 e. The predicted molar refractivity (Wildman–Crippen MR) is 59.9 cm³/mol. The van der Waals surface area contributed by atoms with E-state index in [0.29, 0.717) is 11.4 Å². The molecule has 0 unspecified atom stereocenters. The van der Waals surface area contributed by atoms with E-state index in [2.05, 4.69) is 30.8 Å². The standard InChI is InChI=1S/C7H4BrN3OS2/c8-6-4(1-2-13-6)7(12)9-5-3-14-11-10-5/h1-3H,(H,9,12). The van der Waals surface area contributed by atoms with E-state index in [0.717, 1.165) is 3.79 Å². The number of halogens is 1. The van der Waals surface area contributed by atoms with Crippen LogP contribution < -0.4 is 5.32 Å². The summed E-state index contributed by atoms with van der Waals surface area (Å²) in [7, 11) is 0. The van der Waals surface area contributed by atoms with Gasteiger partial charge in [0.2, 0.25) is 0 Å². The molecule has 0 fully saturated rings. The van der Waals surface area contributed by atoms with Crippen LogP contribution in [0.15, 0.2) is 20.6 Å². The Balaban J connectivity index is 2.14. The summed E-state index contributed by atoms with van der Waals surface area (Å²) in [6, 6.07) is 1.75. The zero-order chi connectivity index (χ0) is 9.97. The number of carbonyl (C=O) groups is 1. The lowest BCUT2D eigenvalue weighted by molar-refractivity contribution is 0.102. The average molecular weight is 290 g/mol. The van der Waals surface area contributed by atoms with Crippen LogP contribution in [-0.2, 0) is 0 Å². The van der Waals surface area contributed by atoms with Crippen LogP contribution in [0, 0.1) is 0 Å². The second kappa shape index (κ2) is 4.16. The van der Waals surface area contributed by atoms with Crippen molar-refractivity contribution in [3.63, 3.8) is 0 Å². The minimum Gasteiger partial charge on any atom is -0.304 e. The van der Waals surface area contributed by atoms with Crippen molar-refractivity contribution in [2.75, 3.05) is 5.32 Å². The third kappa shape index (κ3) is 1.99. The number of nitrogens with one attached hydrogen (secondary N) is 1. The van der Waals surface area contributed by atoms with E-state index >= 15 is 0 Å². The summed E-state index contributed by atoms with van der Waals surface area (Å²) in [5.74, 6) is 0.309. The van der Waals surface area contributed by atoms with E-state index in [-0.39, 0.29) is 5.91 Å². The smallest absolute Gasteiger partial charge is 0.258 e. The summed E-state index contributed by atoms with van der Waals surface area (Å²) in [4.78, 5) is 11.6. The van der Waals surface area contributed by atoms with Crippen molar-refractivity contribution in [1.82, 2.24) is 9.59 Å². The Bertz CT molecular complexity index is 439. The van der Waals surface area contributed by atoms with Crippen LogP contribution in [-0.4, -0.2) is 15.5 Å². The van der Waals surface area contributed by atoms with Crippen molar-refractivity contribution in [3.05, 3.63) is 26.2 Å². The summed E-state index contributed by atoms with van der Waals surface area (Å²) in [6.07, 6.45) is 0. The molecule has 1 N–H and O–H groups in total. The SMILES string of the molecule is O=C(Nc1csnn1)c1ccsc1Br. The van der Waals surface area contributed by atoms with Gasteiger partial charge in [0.15, 0.2) is 5.82 Å². The molecule has 0 saturated carbocycles. The maximum absolute atomic E-state index is 11.6. The molecule has 2 aromatic heterocycles. The van der Waals surface area contributed by atoms with E-state index in [1.807, 2.05) is 5.38 Å². The number of thiophene rings is 1. The molecular formula is C7H4BrN3OS2. The molecule has 0 bridgehead atoms. The fraction of sp³-hybridized carbons (Fsp3) is 0. The number of anilines is 1. The molecule has 2 heterocycles. The number of hydrogen-bond donors (Lipinski definition) is 1. The van der Waals surface area contributed by atoms with Crippen LogP contribution in [0.1, 0.15) is 10.4 Å². The normalized spacial score (nSPS) is 10.1. The van der Waals surface area contributed by atoms with E-state index in [4.69, 9.17) is 0 Å². The first kappa shape index (κ1) is 9.75. The highest BCUT2D eigenvalue weighted by Crippen LogP contribution is 2.24. The van der Waals surface area contributed by atoms with Gasteiger partial charge >= 0.3 is 0 Å².